The number of fused-ring (bicyclic) bond motifs is 1. The lowest BCUT2D eigenvalue weighted by Gasteiger charge is -1.94. The SMILES string of the molecule is O=C(O)CS(=O)c1coc2ccccc12. The lowest BCUT2D eigenvalue weighted by molar-refractivity contribution is -0.133. The van der Waals surface area contributed by atoms with Crippen LogP contribution in [0.1, 0.15) is 0 Å². The van der Waals surface area contributed by atoms with E-state index in [2.05, 4.69) is 0 Å². The van der Waals surface area contributed by atoms with Gasteiger partial charge in [0.25, 0.3) is 0 Å². The van der Waals surface area contributed by atoms with Gasteiger partial charge in [-0.1, -0.05) is 12.1 Å². The largest absolute Gasteiger partial charge is 0.481 e. The zero-order chi connectivity index (χ0) is 10.8. The van der Waals surface area contributed by atoms with Gasteiger partial charge in [0.15, 0.2) is 0 Å². The van der Waals surface area contributed by atoms with Crippen molar-refractivity contribution in [3.8, 4) is 0 Å². The zero-order valence-electron chi connectivity index (χ0n) is 7.67. The van der Waals surface area contributed by atoms with Crippen molar-refractivity contribution in [1.82, 2.24) is 0 Å². The van der Waals surface area contributed by atoms with Gasteiger partial charge in [-0.15, -0.1) is 0 Å². The maximum atomic E-state index is 11.6. The maximum absolute atomic E-state index is 11.6. The van der Waals surface area contributed by atoms with Crippen LogP contribution in [0.25, 0.3) is 11.0 Å². The fourth-order valence-corrected chi connectivity index (χ4v) is 2.27. The molecule has 0 aliphatic rings. The number of carbonyl (C=O) groups is 1. The van der Waals surface area contributed by atoms with Gasteiger partial charge in [-0.25, -0.2) is 0 Å². The third-order valence-corrected chi connectivity index (χ3v) is 3.26. The van der Waals surface area contributed by atoms with E-state index in [1.165, 1.54) is 6.26 Å². The van der Waals surface area contributed by atoms with Crippen molar-refractivity contribution in [2.75, 3.05) is 5.75 Å². The molecule has 0 radical (unpaired) electrons. The highest BCUT2D eigenvalue weighted by molar-refractivity contribution is 7.86. The number of furan rings is 1. The summed E-state index contributed by atoms with van der Waals surface area (Å²) in [7, 11) is -1.55. The summed E-state index contributed by atoms with van der Waals surface area (Å²) in [5.74, 6) is -1.48. The first kappa shape index (κ1) is 9.92. The Balaban J connectivity index is 2.44. The number of rotatable bonds is 3. The van der Waals surface area contributed by atoms with Gasteiger partial charge < -0.3 is 9.52 Å². The Morgan fingerprint density at radius 1 is 1.40 bits per heavy atom. The fraction of sp³-hybridized carbons (Fsp3) is 0.100. The summed E-state index contributed by atoms with van der Waals surface area (Å²) < 4.78 is 16.8. The van der Waals surface area contributed by atoms with Crippen molar-refractivity contribution in [2.24, 2.45) is 0 Å². The molecule has 1 unspecified atom stereocenters. The normalized spacial score (nSPS) is 12.8. The standard InChI is InChI=1S/C10H8O4S/c11-10(12)6-15(13)9-5-14-8-4-2-1-3-7(8)9/h1-5H,6H2,(H,11,12). The molecule has 0 aliphatic carbocycles. The molecule has 1 N–H and O–H groups in total. The fourth-order valence-electron chi connectivity index (χ4n) is 1.32. The van der Waals surface area contributed by atoms with E-state index in [0.29, 0.717) is 15.9 Å². The van der Waals surface area contributed by atoms with Crippen molar-refractivity contribution in [2.45, 2.75) is 4.90 Å². The quantitative estimate of drug-likeness (QED) is 0.860. The summed E-state index contributed by atoms with van der Waals surface area (Å²) in [6.07, 6.45) is 1.35. The highest BCUT2D eigenvalue weighted by Gasteiger charge is 2.14. The molecule has 5 heteroatoms. The van der Waals surface area contributed by atoms with Crippen molar-refractivity contribution < 1.29 is 18.5 Å². The van der Waals surface area contributed by atoms with Crippen LogP contribution < -0.4 is 0 Å². The Morgan fingerprint density at radius 3 is 2.87 bits per heavy atom. The van der Waals surface area contributed by atoms with Gasteiger partial charge >= 0.3 is 5.97 Å². The van der Waals surface area contributed by atoms with Gasteiger partial charge in [0.2, 0.25) is 0 Å². The van der Waals surface area contributed by atoms with Crippen molar-refractivity contribution >= 4 is 27.7 Å². The van der Waals surface area contributed by atoms with E-state index in [0.717, 1.165) is 0 Å². The van der Waals surface area contributed by atoms with E-state index in [1.807, 2.05) is 0 Å². The number of carboxylic acids is 1. The molecule has 78 valence electrons. The number of benzene rings is 1. The van der Waals surface area contributed by atoms with E-state index in [1.54, 1.807) is 24.3 Å². The minimum absolute atomic E-state index is 0.399. The van der Waals surface area contributed by atoms with Crippen LogP contribution in [0.4, 0.5) is 0 Å². The molecule has 4 nitrogen and oxygen atoms in total. The molecular weight excluding hydrogens is 216 g/mol. The third kappa shape index (κ3) is 1.92. The van der Waals surface area contributed by atoms with Gasteiger partial charge in [0, 0.05) is 5.39 Å². The second-order valence-corrected chi connectivity index (χ2v) is 4.40. The van der Waals surface area contributed by atoms with E-state index in [9.17, 15) is 9.00 Å². The minimum atomic E-state index is -1.55. The molecule has 1 aromatic heterocycles. The number of aliphatic carboxylic acids is 1. The Morgan fingerprint density at radius 2 is 2.13 bits per heavy atom. The average molecular weight is 224 g/mol. The molecule has 2 rings (SSSR count). The minimum Gasteiger partial charge on any atom is -0.481 e. The Bertz CT molecular complexity index is 529. The summed E-state index contributed by atoms with van der Waals surface area (Å²) in [5, 5.41) is 9.24. The monoisotopic (exact) mass is 224 g/mol. The zero-order valence-corrected chi connectivity index (χ0v) is 8.49. The van der Waals surface area contributed by atoms with Crippen LogP contribution >= 0.6 is 0 Å². The molecule has 0 saturated heterocycles. The van der Waals surface area contributed by atoms with E-state index >= 15 is 0 Å². The van der Waals surface area contributed by atoms with Crippen molar-refractivity contribution in [3.63, 3.8) is 0 Å². The number of carboxylic acid groups (broad SMARTS) is 1. The van der Waals surface area contributed by atoms with Gasteiger partial charge in [-0.05, 0) is 12.1 Å². The molecule has 2 aromatic rings. The predicted octanol–water partition coefficient (Wildman–Crippen LogP) is 1.63. The lowest BCUT2D eigenvalue weighted by Crippen LogP contribution is -2.08. The second kappa shape index (κ2) is 3.86. The molecule has 0 fully saturated rings. The van der Waals surface area contributed by atoms with E-state index in [4.69, 9.17) is 9.52 Å². The van der Waals surface area contributed by atoms with Gasteiger partial charge in [0.05, 0.1) is 15.7 Å². The molecule has 1 aromatic carbocycles. The molecule has 0 spiro atoms. The first-order valence-corrected chi connectivity index (χ1v) is 5.57. The second-order valence-electron chi connectivity index (χ2n) is 2.98. The predicted molar refractivity (Wildman–Crippen MR) is 55.1 cm³/mol. The van der Waals surface area contributed by atoms with E-state index in [-0.39, 0.29) is 0 Å². The summed E-state index contributed by atoms with van der Waals surface area (Å²) >= 11 is 0. The summed E-state index contributed by atoms with van der Waals surface area (Å²) in [6, 6.07) is 7.10. The molecule has 1 atom stereocenters. The number of hydrogen-bond donors (Lipinski definition) is 1. The van der Waals surface area contributed by atoms with Crippen LogP contribution in [0.2, 0.25) is 0 Å². The first-order chi connectivity index (χ1) is 7.18. The van der Waals surface area contributed by atoms with Gasteiger partial charge in [0.1, 0.15) is 17.6 Å². The molecule has 0 amide bonds. The van der Waals surface area contributed by atoms with Crippen molar-refractivity contribution in [3.05, 3.63) is 30.5 Å². The highest BCUT2D eigenvalue weighted by Crippen LogP contribution is 2.23. The molecule has 0 aliphatic heterocycles. The van der Waals surface area contributed by atoms with Gasteiger partial charge in [-0.2, -0.15) is 0 Å². The number of hydrogen-bond acceptors (Lipinski definition) is 3. The smallest absolute Gasteiger partial charge is 0.316 e. The summed E-state index contributed by atoms with van der Waals surface area (Å²) in [6.45, 7) is 0. The molecular formula is C10H8O4S. The van der Waals surface area contributed by atoms with Crippen LogP contribution in [0.15, 0.2) is 39.8 Å². The van der Waals surface area contributed by atoms with Crippen molar-refractivity contribution in [1.29, 1.82) is 0 Å². The van der Waals surface area contributed by atoms with Crippen LogP contribution in [0.5, 0.6) is 0 Å². The first-order valence-electron chi connectivity index (χ1n) is 4.25. The van der Waals surface area contributed by atoms with Crippen LogP contribution in [0.3, 0.4) is 0 Å². The lowest BCUT2D eigenvalue weighted by atomic mass is 10.3. The third-order valence-electron chi connectivity index (χ3n) is 1.95. The maximum Gasteiger partial charge on any atom is 0.316 e. The van der Waals surface area contributed by atoms with Gasteiger partial charge in [-0.3, -0.25) is 9.00 Å². The van der Waals surface area contributed by atoms with Crippen LogP contribution in [0, 0.1) is 0 Å². The Labute approximate surface area is 88.0 Å². The molecule has 1 heterocycles. The van der Waals surface area contributed by atoms with E-state index < -0.39 is 22.5 Å². The Kier molecular flexibility index (Phi) is 2.55. The topological polar surface area (TPSA) is 67.5 Å². The molecule has 0 bridgehead atoms. The average Bonchev–Trinajstić information content (AvgIpc) is 2.59. The van der Waals surface area contributed by atoms with Crippen LogP contribution in [-0.2, 0) is 15.6 Å². The molecule has 0 saturated carbocycles. The Hall–Kier alpha value is -1.62. The summed E-state index contributed by atoms with van der Waals surface area (Å²) in [5.41, 5.74) is 0.617. The van der Waals surface area contributed by atoms with Crippen LogP contribution in [-0.4, -0.2) is 21.0 Å². The highest BCUT2D eigenvalue weighted by atomic mass is 32.2. The number of para-hydroxylation sites is 1. The summed E-state index contributed by atoms with van der Waals surface area (Å²) in [4.78, 5) is 10.9. The molecule has 15 heavy (non-hydrogen) atoms.